The maximum Gasteiger partial charge on any atom is 0.304 e. The van der Waals surface area contributed by atoms with Gasteiger partial charge >= 0.3 is 5.69 Å². The number of nitrogens with zero attached hydrogens (tertiary/aromatic N) is 1. The third kappa shape index (κ3) is 3.27. The van der Waals surface area contributed by atoms with Crippen LogP contribution in [0.2, 0.25) is 0 Å². The average molecular weight is 293 g/mol. The van der Waals surface area contributed by atoms with E-state index in [1.165, 1.54) is 6.07 Å². The Labute approximate surface area is 119 Å². The van der Waals surface area contributed by atoms with Crippen molar-refractivity contribution in [3.05, 3.63) is 64.0 Å². The van der Waals surface area contributed by atoms with Gasteiger partial charge in [-0.2, -0.15) is 4.39 Å². The molecule has 4 nitrogen and oxygen atoms in total. The molecule has 2 aromatic rings. The summed E-state index contributed by atoms with van der Waals surface area (Å²) in [6.07, 6.45) is 1.94. The topological polar surface area (TPSA) is 52.4 Å². The van der Waals surface area contributed by atoms with Crippen LogP contribution in [0.15, 0.2) is 47.4 Å². The molecule has 0 N–H and O–H groups in total. The number of hydrogen-bond donors (Lipinski definition) is 0. The molecular formula is C14H12FNO3S. The second-order valence-corrected chi connectivity index (χ2v) is 4.83. The van der Waals surface area contributed by atoms with Crippen LogP contribution in [-0.2, 0) is 6.61 Å². The van der Waals surface area contributed by atoms with E-state index >= 15 is 0 Å². The van der Waals surface area contributed by atoms with Gasteiger partial charge in [-0.3, -0.25) is 10.1 Å². The first-order chi connectivity index (χ1) is 9.61. The van der Waals surface area contributed by atoms with Gasteiger partial charge in [0.2, 0.25) is 5.82 Å². The fourth-order valence-electron chi connectivity index (χ4n) is 1.69. The van der Waals surface area contributed by atoms with Gasteiger partial charge in [0, 0.05) is 11.0 Å². The lowest BCUT2D eigenvalue weighted by Gasteiger charge is -2.09. The lowest BCUT2D eigenvalue weighted by atomic mass is 10.2. The van der Waals surface area contributed by atoms with Crippen LogP contribution in [0.25, 0.3) is 0 Å². The zero-order chi connectivity index (χ0) is 14.5. The molecule has 0 atom stereocenters. The Morgan fingerprint density at radius 2 is 2.05 bits per heavy atom. The van der Waals surface area contributed by atoms with Gasteiger partial charge < -0.3 is 4.74 Å². The second-order valence-electron chi connectivity index (χ2n) is 3.98. The summed E-state index contributed by atoms with van der Waals surface area (Å²) < 4.78 is 19.1. The van der Waals surface area contributed by atoms with Gasteiger partial charge in [0.15, 0.2) is 0 Å². The summed E-state index contributed by atoms with van der Waals surface area (Å²) in [4.78, 5) is 10.8. The van der Waals surface area contributed by atoms with Gasteiger partial charge in [0.1, 0.15) is 12.4 Å². The van der Waals surface area contributed by atoms with E-state index in [0.717, 1.165) is 17.0 Å². The lowest BCUT2D eigenvalue weighted by Crippen LogP contribution is -1.99. The predicted octanol–water partition coefficient (Wildman–Crippen LogP) is 4.03. The van der Waals surface area contributed by atoms with E-state index in [9.17, 15) is 14.5 Å². The first kappa shape index (κ1) is 14.3. The van der Waals surface area contributed by atoms with Crippen molar-refractivity contribution in [3.8, 4) is 5.75 Å². The van der Waals surface area contributed by atoms with Crippen molar-refractivity contribution in [2.24, 2.45) is 0 Å². The highest BCUT2D eigenvalue weighted by molar-refractivity contribution is 7.98. The second kappa shape index (κ2) is 6.38. The van der Waals surface area contributed by atoms with E-state index in [4.69, 9.17) is 4.74 Å². The molecule has 0 aliphatic carbocycles. The van der Waals surface area contributed by atoms with Gasteiger partial charge in [-0.25, -0.2) is 0 Å². The van der Waals surface area contributed by atoms with E-state index in [2.05, 4.69) is 0 Å². The molecule has 2 aromatic carbocycles. The lowest BCUT2D eigenvalue weighted by molar-refractivity contribution is -0.387. The Kier molecular flexibility index (Phi) is 4.57. The number of benzene rings is 2. The summed E-state index contributed by atoms with van der Waals surface area (Å²) in [5.74, 6) is -0.145. The van der Waals surface area contributed by atoms with Gasteiger partial charge in [-0.15, -0.1) is 11.8 Å². The third-order valence-corrected chi connectivity index (χ3v) is 3.45. The van der Waals surface area contributed by atoms with E-state index in [-0.39, 0.29) is 6.61 Å². The summed E-state index contributed by atoms with van der Waals surface area (Å²) >= 11 is 1.55. The van der Waals surface area contributed by atoms with Crippen molar-refractivity contribution in [3.63, 3.8) is 0 Å². The zero-order valence-electron chi connectivity index (χ0n) is 10.7. The average Bonchev–Trinajstić information content (AvgIpc) is 2.45. The number of hydrogen-bond acceptors (Lipinski definition) is 4. The molecule has 0 saturated heterocycles. The molecular weight excluding hydrogens is 281 g/mol. The maximum atomic E-state index is 13.5. The van der Waals surface area contributed by atoms with Crippen molar-refractivity contribution >= 4 is 17.4 Å². The van der Waals surface area contributed by atoms with Crippen LogP contribution in [0.1, 0.15) is 5.56 Å². The molecule has 0 aromatic heterocycles. The van der Waals surface area contributed by atoms with Crippen molar-refractivity contribution in [2.75, 3.05) is 6.26 Å². The summed E-state index contributed by atoms with van der Waals surface area (Å²) in [7, 11) is 0. The Morgan fingerprint density at radius 3 is 2.70 bits per heavy atom. The molecule has 0 aliphatic heterocycles. The first-order valence-corrected chi connectivity index (χ1v) is 7.03. The van der Waals surface area contributed by atoms with E-state index < -0.39 is 16.4 Å². The fraction of sp³-hybridized carbons (Fsp3) is 0.143. The number of thioether (sulfide) groups is 1. The Morgan fingerprint density at radius 1 is 1.30 bits per heavy atom. The molecule has 0 unspecified atom stereocenters. The molecule has 0 bridgehead atoms. The largest absolute Gasteiger partial charge is 0.488 e. The standard InChI is InChI=1S/C14H12FNO3S/c1-20-14-5-3-2-4-13(14)19-9-10-6-7-12(16(17)18)11(15)8-10/h2-8H,9H2,1H3. The van der Waals surface area contributed by atoms with E-state index in [0.29, 0.717) is 11.3 Å². The Bertz CT molecular complexity index is 634. The number of para-hydroxylation sites is 1. The van der Waals surface area contributed by atoms with Crippen LogP contribution in [-0.4, -0.2) is 11.2 Å². The molecule has 20 heavy (non-hydrogen) atoms. The third-order valence-electron chi connectivity index (χ3n) is 2.67. The molecule has 0 fully saturated rings. The summed E-state index contributed by atoms with van der Waals surface area (Å²) in [6.45, 7) is 0.159. The predicted molar refractivity (Wildman–Crippen MR) is 75.6 cm³/mol. The van der Waals surface area contributed by atoms with Crippen molar-refractivity contribution in [1.82, 2.24) is 0 Å². The van der Waals surface area contributed by atoms with Crippen LogP contribution in [0, 0.1) is 15.9 Å². The van der Waals surface area contributed by atoms with Crippen LogP contribution in [0.4, 0.5) is 10.1 Å². The van der Waals surface area contributed by atoms with Crippen LogP contribution >= 0.6 is 11.8 Å². The minimum Gasteiger partial charge on any atom is -0.488 e. The van der Waals surface area contributed by atoms with Gasteiger partial charge in [-0.05, 0) is 36.1 Å². The number of nitro groups is 1. The van der Waals surface area contributed by atoms with Crippen molar-refractivity contribution in [1.29, 1.82) is 0 Å². The zero-order valence-corrected chi connectivity index (χ0v) is 11.5. The van der Waals surface area contributed by atoms with Crippen LogP contribution in [0.5, 0.6) is 5.75 Å². The van der Waals surface area contributed by atoms with Crippen molar-refractivity contribution < 1.29 is 14.1 Å². The molecule has 0 radical (unpaired) electrons. The summed E-state index contributed by atoms with van der Waals surface area (Å²) in [6, 6.07) is 11.3. The summed E-state index contributed by atoms with van der Waals surface area (Å²) in [5.41, 5.74) is 0.0160. The molecule has 0 saturated carbocycles. The maximum absolute atomic E-state index is 13.5. The molecule has 0 heterocycles. The molecule has 104 valence electrons. The minimum absolute atomic E-state index is 0.159. The number of ether oxygens (including phenoxy) is 1. The minimum atomic E-state index is -0.853. The smallest absolute Gasteiger partial charge is 0.304 e. The van der Waals surface area contributed by atoms with Gasteiger partial charge in [-0.1, -0.05) is 12.1 Å². The highest BCUT2D eigenvalue weighted by Crippen LogP contribution is 2.28. The van der Waals surface area contributed by atoms with Gasteiger partial charge in [0.25, 0.3) is 0 Å². The molecule has 0 amide bonds. The van der Waals surface area contributed by atoms with Gasteiger partial charge in [0.05, 0.1) is 4.92 Å². The molecule has 0 spiro atoms. The highest BCUT2D eigenvalue weighted by Gasteiger charge is 2.14. The number of halogens is 1. The van der Waals surface area contributed by atoms with E-state index in [1.54, 1.807) is 11.8 Å². The van der Waals surface area contributed by atoms with Crippen molar-refractivity contribution in [2.45, 2.75) is 11.5 Å². The molecule has 6 heteroatoms. The van der Waals surface area contributed by atoms with Crippen LogP contribution in [0.3, 0.4) is 0 Å². The molecule has 0 aliphatic rings. The molecule has 2 rings (SSSR count). The Hall–Kier alpha value is -2.08. The quantitative estimate of drug-likeness (QED) is 0.474. The summed E-state index contributed by atoms with van der Waals surface area (Å²) in [5, 5.41) is 10.5. The highest BCUT2D eigenvalue weighted by atomic mass is 32.2. The normalized spacial score (nSPS) is 10.3. The fourth-order valence-corrected chi connectivity index (χ4v) is 2.23. The Balaban J connectivity index is 2.11. The monoisotopic (exact) mass is 293 g/mol. The van der Waals surface area contributed by atoms with Crippen LogP contribution < -0.4 is 4.74 Å². The SMILES string of the molecule is CSc1ccccc1OCc1ccc([N+](=O)[O-])c(F)c1. The number of nitro benzene ring substituents is 1. The first-order valence-electron chi connectivity index (χ1n) is 5.80. The van der Waals surface area contributed by atoms with E-state index in [1.807, 2.05) is 30.5 Å². The number of rotatable bonds is 5.